The summed E-state index contributed by atoms with van der Waals surface area (Å²) >= 11 is 0. The number of anilines is 1. The highest BCUT2D eigenvalue weighted by molar-refractivity contribution is 5.71. The molecule has 0 aliphatic carbocycles. The first-order chi connectivity index (χ1) is 11.9. The van der Waals surface area contributed by atoms with Gasteiger partial charge in [-0.15, -0.1) is 0 Å². The van der Waals surface area contributed by atoms with Crippen LogP contribution in [0.25, 0.3) is 5.57 Å². The molecule has 2 heterocycles. The monoisotopic (exact) mass is 349 g/mol. The summed E-state index contributed by atoms with van der Waals surface area (Å²) in [7, 11) is 0. The van der Waals surface area contributed by atoms with Crippen molar-refractivity contribution in [1.29, 1.82) is 0 Å². The molecule has 5 nitrogen and oxygen atoms in total. The van der Waals surface area contributed by atoms with Gasteiger partial charge in [-0.25, -0.2) is 15.0 Å². The minimum Gasteiger partial charge on any atom is -0.370 e. The van der Waals surface area contributed by atoms with Gasteiger partial charge in [0.1, 0.15) is 5.82 Å². The Morgan fingerprint density at radius 1 is 1.28 bits per heavy atom. The van der Waals surface area contributed by atoms with E-state index in [4.69, 9.17) is 0 Å². The lowest BCUT2D eigenvalue weighted by molar-refractivity contribution is -0.141. The Balaban J connectivity index is 2.16. The lowest BCUT2D eigenvalue weighted by Crippen LogP contribution is -2.14. The lowest BCUT2D eigenvalue weighted by Gasteiger charge is -2.12. The number of nitrogens with zero attached hydrogens (tertiary/aromatic N) is 4. The van der Waals surface area contributed by atoms with Crippen LogP contribution >= 0.6 is 0 Å². The van der Waals surface area contributed by atoms with Gasteiger partial charge in [-0.1, -0.05) is 31.4 Å². The van der Waals surface area contributed by atoms with Crippen LogP contribution < -0.4 is 5.32 Å². The van der Waals surface area contributed by atoms with Gasteiger partial charge in [-0.05, 0) is 6.42 Å². The van der Waals surface area contributed by atoms with Crippen molar-refractivity contribution < 1.29 is 13.2 Å². The van der Waals surface area contributed by atoms with E-state index < -0.39 is 11.9 Å². The molecule has 0 spiro atoms. The van der Waals surface area contributed by atoms with E-state index in [9.17, 15) is 13.2 Å². The highest BCUT2D eigenvalue weighted by Crippen LogP contribution is 2.30. The molecule has 0 amide bonds. The third-order valence-corrected chi connectivity index (χ3v) is 3.25. The largest absolute Gasteiger partial charge is 0.433 e. The topological polar surface area (TPSA) is 55.6 Å². The average Bonchev–Trinajstić information content (AvgIpc) is 3.09. The van der Waals surface area contributed by atoms with Crippen LogP contribution in [0.5, 0.6) is 0 Å². The number of imidazole rings is 1. The van der Waals surface area contributed by atoms with Gasteiger partial charge in [0.25, 0.3) is 0 Å². The molecule has 0 aliphatic rings. The number of hydrogen-bond donors (Lipinski definition) is 1. The van der Waals surface area contributed by atoms with Crippen molar-refractivity contribution >= 4 is 11.4 Å². The Morgan fingerprint density at radius 2 is 2.08 bits per heavy atom. The summed E-state index contributed by atoms with van der Waals surface area (Å²) in [6, 6.07) is 0.898. The molecule has 0 aliphatic heterocycles. The van der Waals surface area contributed by atoms with Crippen LogP contribution in [-0.4, -0.2) is 26.1 Å². The number of rotatable bonds is 8. The molecular weight excluding hydrogens is 331 g/mol. The Kier molecular flexibility index (Phi) is 6.10. The third-order valence-electron chi connectivity index (χ3n) is 3.25. The van der Waals surface area contributed by atoms with Gasteiger partial charge in [0.05, 0.1) is 6.33 Å². The second kappa shape index (κ2) is 8.27. The number of aryl methyl sites for hydroxylation is 1. The molecule has 2 aromatic rings. The van der Waals surface area contributed by atoms with Crippen LogP contribution in [-0.2, 0) is 12.7 Å². The van der Waals surface area contributed by atoms with Gasteiger partial charge in [0.15, 0.2) is 11.5 Å². The van der Waals surface area contributed by atoms with E-state index in [1.165, 1.54) is 18.2 Å². The Bertz CT molecular complexity index is 748. The molecule has 2 rings (SSSR count). The van der Waals surface area contributed by atoms with Crippen molar-refractivity contribution in [2.75, 3.05) is 11.9 Å². The summed E-state index contributed by atoms with van der Waals surface area (Å²) in [6.45, 7) is 8.26. The molecule has 0 radical (unpaired) electrons. The van der Waals surface area contributed by atoms with E-state index >= 15 is 0 Å². The fourth-order valence-corrected chi connectivity index (χ4v) is 2.07. The zero-order valence-electron chi connectivity index (χ0n) is 13.5. The number of allylic oxidation sites excluding steroid dienone is 4. The number of aromatic nitrogens is 4. The van der Waals surface area contributed by atoms with Crippen LogP contribution in [0.2, 0.25) is 0 Å². The number of alkyl halides is 3. The second-order valence-corrected chi connectivity index (χ2v) is 5.10. The summed E-state index contributed by atoms with van der Waals surface area (Å²) < 4.78 is 41.1. The van der Waals surface area contributed by atoms with Gasteiger partial charge in [0, 0.05) is 37.1 Å². The molecule has 0 aromatic carbocycles. The molecule has 1 N–H and O–H groups in total. The van der Waals surface area contributed by atoms with Crippen molar-refractivity contribution in [1.82, 2.24) is 19.5 Å². The minimum absolute atomic E-state index is 0.0539. The van der Waals surface area contributed by atoms with E-state index in [0.717, 1.165) is 6.07 Å². The molecule has 8 heteroatoms. The predicted octanol–water partition coefficient (Wildman–Crippen LogP) is 3.95. The molecule has 0 unspecified atom stereocenters. The number of nitrogens with one attached hydrogen (secondary N) is 1. The van der Waals surface area contributed by atoms with E-state index in [-0.39, 0.29) is 11.6 Å². The van der Waals surface area contributed by atoms with Gasteiger partial charge in [-0.2, -0.15) is 13.2 Å². The van der Waals surface area contributed by atoms with Crippen LogP contribution in [0.3, 0.4) is 0 Å². The number of halogens is 3. The predicted molar refractivity (Wildman–Crippen MR) is 90.7 cm³/mol. The first-order valence-electron chi connectivity index (χ1n) is 7.55. The Labute approximate surface area is 143 Å². The summed E-state index contributed by atoms with van der Waals surface area (Å²) in [5, 5.41) is 2.91. The summed E-state index contributed by atoms with van der Waals surface area (Å²) in [5.74, 6) is 0.0570. The second-order valence-electron chi connectivity index (χ2n) is 5.10. The molecular formula is C17H18F3N5. The molecule has 132 valence electrons. The van der Waals surface area contributed by atoms with Crippen LogP contribution in [0, 0.1) is 0 Å². The van der Waals surface area contributed by atoms with Crippen LogP contribution in [0.4, 0.5) is 19.0 Å². The molecule has 2 aromatic heterocycles. The number of hydrogen-bond acceptors (Lipinski definition) is 4. The minimum atomic E-state index is -4.56. The zero-order chi connectivity index (χ0) is 18.3. The van der Waals surface area contributed by atoms with Gasteiger partial charge in [-0.3, -0.25) is 0 Å². The van der Waals surface area contributed by atoms with Gasteiger partial charge >= 0.3 is 6.18 Å². The van der Waals surface area contributed by atoms with Crippen molar-refractivity contribution in [3.8, 4) is 0 Å². The first-order valence-corrected chi connectivity index (χ1v) is 7.55. The van der Waals surface area contributed by atoms with Crippen molar-refractivity contribution in [3.05, 3.63) is 67.7 Å². The molecule has 0 bridgehead atoms. The van der Waals surface area contributed by atoms with Gasteiger partial charge in [0.2, 0.25) is 0 Å². The fraction of sp³-hybridized carbons (Fsp3) is 0.235. The fourth-order valence-electron chi connectivity index (χ4n) is 2.07. The average molecular weight is 349 g/mol. The van der Waals surface area contributed by atoms with Crippen LogP contribution in [0.1, 0.15) is 17.9 Å². The summed E-state index contributed by atoms with van der Waals surface area (Å²) in [4.78, 5) is 11.7. The summed E-state index contributed by atoms with van der Waals surface area (Å²) in [6.07, 6.45) is 5.65. The lowest BCUT2D eigenvalue weighted by atomic mass is 10.2. The van der Waals surface area contributed by atoms with E-state index in [1.807, 2.05) is 10.8 Å². The Hall–Kier alpha value is -2.90. The Morgan fingerprint density at radius 3 is 2.68 bits per heavy atom. The molecule has 25 heavy (non-hydrogen) atoms. The zero-order valence-corrected chi connectivity index (χ0v) is 13.5. The maximum Gasteiger partial charge on any atom is 0.433 e. The smallest absolute Gasteiger partial charge is 0.370 e. The molecule has 0 fully saturated rings. The van der Waals surface area contributed by atoms with Gasteiger partial charge < -0.3 is 9.88 Å². The quantitative estimate of drug-likeness (QED) is 0.579. The normalized spacial score (nSPS) is 12.0. The third kappa shape index (κ3) is 5.30. The van der Waals surface area contributed by atoms with Crippen LogP contribution in [0.15, 0.2) is 56.2 Å². The highest BCUT2D eigenvalue weighted by Gasteiger charge is 2.33. The maximum atomic E-state index is 13.1. The standard InChI is InChI=1S/C17H18F3N5/c1-3-6-13(4-2)16-23-14(17(18,19)20)11-15(24-16)22-7-5-9-25-10-8-21-12-25/h3-4,6,8,10-12H,1-2,5,7,9H2,(H,22,23,24)/b13-6+. The summed E-state index contributed by atoms with van der Waals surface area (Å²) in [5.41, 5.74) is -0.644. The SMILES string of the molecule is C=C/C=C(\C=C)c1nc(NCCCn2ccnc2)cc(C(F)(F)F)n1. The van der Waals surface area contributed by atoms with Crippen molar-refractivity contribution in [2.24, 2.45) is 0 Å². The molecule has 0 saturated carbocycles. The maximum absolute atomic E-state index is 13.1. The van der Waals surface area contributed by atoms with E-state index in [1.54, 1.807) is 12.5 Å². The first kappa shape index (κ1) is 18.4. The van der Waals surface area contributed by atoms with Crippen molar-refractivity contribution in [2.45, 2.75) is 19.1 Å². The van der Waals surface area contributed by atoms with E-state index in [2.05, 4.69) is 33.4 Å². The van der Waals surface area contributed by atoms with E-state index in [0.29, 0.717) is 25.1 Å². The molecule has 0 saturated heterocycles. The van der Waals surface area contributed by atoms with Crippen molar-refractivity contribution in [3.63, 3.8) is 0 Å². The highest BCUT2D eigenvalue weighted by atomic mass is 19.4. The molecule has 0 atom stereocenters.